The van der Waals surface area contributed by atoms with Gasteiger partial charge in [-0.2, -0.15) is 0 Å². The maximum atomic E-state index is 2.88. The fraction of sp³-hybridized carbons (Fsp3) is 0.714. The molecule has 0 heterocycles. The molecule has 0 aliphatic heterocycles. The number of nitrogens with zero attached hydrogens (tertiary/aromatic N) is 1. The van der Waals surface area contributed by atoms with Gasteiger partial charge in [-0.25, -0.2) is 0 Å². The molecule has 0 aromatic rings. The van der Waals surface area contributed by atoms with Crippen molar-refractivity contribution in [2.24, 2.45) is 0 Å². The molecule has 0 atom stereocenters. The standard InChI is InChI=1S/C5H12N2.C2H6/c1-6-4-5-7(2)3;1-2/h4-6H,1-3H3;1-2H3/b5-4-;. The third-order valence-corrected chi connectivity index (χ3v) is 0.539. The van der Waals surface area contributed by atoms with Gasteiger partial charge in [-0.1, -0.05) is 13.8 Å². The van der Waals surface area contributed by atoms with Crippen LogP contribution in [0.15, 0.2) is 12.4 Å². The van der Waals surface area contributed by atoms with Crippen LogP contribution in [0.5, 0.6) is 0 Å². The molecular weight excluding hydrogens is 112 g/mol. The second-order valence-corrected chi connectivity index (χ2v) is 1.57. The van der Waals surface area contributed by atoms with Crippen molar-refractivity contribution in [2.45, 2.75) is 13.8 Å². The lowest BCUT2D eigenvalue weighted by Crippen LogP contribution is -2.03. The minimum atomic E-state index is 1.88. The number of hydrogen-bond acceptors (Lipinski definition) is 2. The maximum Gasteiger partial charge on any atom is 0.0145 e. The third-order valence-electron chi connectivity index (χ3n) is 0.539. The quantitative estimate of drug-likeness (QED) is 0.605. The first-order valence-electron chi connectivity index (χ1n) is 3.27. The minimum Gasteiger partial charge on any atom is -0.393 e. The molecule has 0 aliphatic rings. The molecule has 0 rings (SSSR count). The Morgan fingerprint density at radius 2 is 1.67 bits per heavy atom. The van der Waals surface area contributed by atoms with Gasteiger partial charge in [0.15, 0.2) is 0 Å². The molecule has 0 radical (unpaired) electrons. The fourth-order valence-corrected chi connectivity index (χ4v) is 0.224. The lowest BCUT2D eigenvalue weighted by atomic mass is 10.8. The largest absolute Gasteiger partial charge is 0.393 e. The number of hydrogen-bond donors (Lipinski definition) is 1. The molecule has 0 aliphatic carbocycles. The van der Waals surface area contributed by atoms with Crippen LogP contribution < -0.4 is 5.32 Å². The van der Waals surface area contributed by atoms with Crippen molar-refractivity contribution in [2.75, 3.05) is 21.1 Å². The zero-order valence-electron chi connectivity index (χ0n) is 7.10. The normalized spacial score (nSPS) is 8.11. The summed E-state index contributed by atoms with van der Waals surface area (Å²) in [4.78, 5) is 1.97. The molecule has 56 valence electrons. The van der Waals surface area contributed by atoms with E-state index in [-0.39, 0.29) is 0 Å². The zero-order valence-corrected chi connectivity index (χ0v) is 7.10. The second-order valence-electron chi connectivity index (χ2n) is 1.57. The summed E-state index contributed by atoms with van der Waals surface area (Å²) >= 11 is 0. The summed E-state index contributed by atoms with van der Waals surface area (Å²) in [6, 6.07) is 0. The molecule has 1 N–H and O–H groups in total. The molecule has 9 heavy (non-hydrogen) atoms. The molecule has 0 aromatic heterocycles. The second kappa shape index (κ2) is 10.3. The highest BCUT2D eigenvalue weighted by atomic mass is 15.0. The molecule has 0 amide bonds. The first kappa shape index (κ1) is 11.2. The molecule has 0 saturated carbocycles. The molecule has 0 fully saturated rings. The minimum absolute atomic E-state index is 1.88. The predicted octanol–water partition coefficient (Wildman–Crippen LogP) is 1.26. The highest BCUT2D eigenvalue weighted by Gasteiger charge is 1.68. The van der Waals surface area contributed by atoms with Gasteiger partial charge in [-0.15, -0.1) is 0 Å². The summed E-state index contributed by atoms with van der Waals surface area (Å²) in [5, 5.41) is 2.88. The molecule has 0 bridgehead atoms. The van der Waals surface area contributed by atoms with Crippen LogP contribution in [-0.4, -0.2) is 26.0 Å². The van der Waals surface area contributed by atoms with Crippen molar-refractivity contribution in [3.63, 3.8) is 0 Å². The van der Waals surface area contributed by atoms with Crippen LogP contribution in [0.1, 0.15) is 13.8 Å². The van der Waals surface area contributed by atoms with Crippen LogP contribution in [0.2, 0.25) is 0 Å². The van der Waals surface area contributed by atoms with Gasteiger partial charge in [-0.3, -0.25) is 0 Å². The zero-order chi connectivity index (χ0) is 7.70. The van der Waals surface area contributed by atoms with Crippen LogP contribution in [0.3, 0.4) is 0 Å². The molecule has 0 saturated heterocycles. The van der Waals surface area contributed by atoms with Gasteiger partial charge in [0.1, 0.15) is 0 Å². The monoisotopic (exact) mass is 130 g/mol. The van der Waals surface area contributed by atoms with Gasteiger partial charge < -0.3 is 10.2 Å². The van der Waals surface area contributed by atoms with Crippen LogP contribution >= 0.6 is 0 Å². The van der Waals surface area contributed by atoms with Crippen molar-refractivity contribution in [1.29, 1.82) is 0 Å². The van der Waals surface area contributed by atoms with Crippen LogP contribution in [0.4, 0.5) is 0 Å². The van der Waals surface area contributed by atoms with E-state index in [1.54, 1.807) is 0 Å². The van der Waals surface area contributed by atoms with Gasteiger partial charge in [0.2, 0.25) is 0 Å². The maximum absolute atomic E-state index is 2.88. The Hall–Kier alpha value is -0.660. The van der Waals surface area contributed by atoms with Crippen molar-refractivity contribution < 1.29 is 0 Å². The Kier molecular flexibility index (Phi) is 12.9. The van der Waals surface area contributed by atoms with Crippen molar-refractivity contribution >= 4 is 0 Å². The lowest BCUT2D eigenvalue weighted by molar-refractivity contribution is 0.560. The summed E-state index contributed by atoms with van der Waals surface area (Å²) in [7, 11) is 5.84. The number of nitrogens with one attached hydrogen (secondary N) is 1. The van der Waals surface area contributed by atoms with Gasteiger partial charge in [0, 0.05) is 33.5 Å². The summed E-state index contributed by atoms with van der Waals surface area (Å²) in [5.41, 5.74) is 0. The van der Waals surface area contributed by atoms with E-state index in [1.807, 2.05) is 52.3 Å². The summed E-state index contributed by atoms with van der Waals surface area (Å²) < 4.78 is 0. The summed E-state index contributed by atoms with van der Waals surface area (Å²) in [5.74, 6) is 0. The first-order valence-corrected chi connectivity index (χ1v) is 3.27. The van der Waals surface area contributed by atoms with Crippen molar-refractivity contribution in [1.82, 2.24) is 10.2 Å². The SMILES string of the molecule is CC.CN/C=C\N(C)C. The first-order chi connectivity index (χ1) is 4.27. The Morgan fingerprint density at radius 1 is 1.22 bits per heavy atom. The van der Waals surface area contributed by atoms with Crippen LogP contribution in [0, 0.1) is 0 Å². The third kappa shape index (κ3) is 18.8. The average Bonchev–Trinajstić information content (AvgIpc) is 1.88. The van der Waals surface area contributed by atoms with E-state index >= 15 is 0 Å². The Bertz CT molecular complexity index is 57.9. The Labute approximate surface area is 58.6 Å². The van der Waals surface area contributed by atoms with E-state index in [9.17, 15) is 0 Å². The smallest absolute Gasteiger partial charge is 0.0145 e. The van der Waals surface area contributed by atoms with Gasteiger partial charge >= 0.3 is 0 Å². The van der Waals surface area contributed by atoms with E-state index in [1.165, 1.54) is 0 Å². The molecule has 2 heteroatoms. The van der Waals surface area contributed by atoms with E-state index in [4.69, 9.17) is 0 Å². The molecule has 0 unspecified atom stereocenters. The lowest BCUT2D eigenvalue weighted by Gasteiger charge is -2.01. The van der Waals surface area contributed by atoms with Crippen molar-refractivity contribution in [3.05, 3.63) is 12.4 Å². The molecular formula is C7H18N2. The fourth-order valence-electron chi connectivity index (χ4n) is 0.224. The molecule has 2 nitrogen and oxygen atoms in total. The Morgan fingerprint density at radius 3 is 1.78 bits per heavy atom. The highest BCUT2D eigenvalue weighted by Crippen LogP contribution is 1.70. The average molecular weight is 130 g/mol. The van der Waals surface area contributed by atoms with Crippen LogP contribution in [-0.2, 0) is 0 Å². The van der Waals surface area contributed by atoms with Crippen LogP contribution in [0.25, 0.3) is 0 Å². The Balaban J connectivity index is 0. The summed E-state index contributed by atoms with van der Waals surface area (Å²) in [6.07, 6.45) is 3.82. The molecule has 0 spiro atoms. The van der Waals surface area contributed by atoms with E-state index in [0.29, 0.717) is 0 Å². The van der Waals surface area contributed by atoms with Crippen molar-refractivity contribution in [3.8, 4) is 0 Å². The predicted molar refractivity (Wildman–Crippen MR) is 43.2 cm³/mol. The summed E-state index contributed by atoms with van der Waals surface area (Å²) in [6.45, 7) is 4.00. The molecule has 0 aromatic carbocycles. The number of rotatable bonds is 2. The highest BCUT2D eigenvalue weighted by molar-refractivity contribution is 4.73. The van der Waals surface area contributed by atoms with Gasteiger partial charge in [0.25, 0.3) is 0 Å². The van der Waals surface area contributed by atoms with E-state index in [2.05, 4.69) is 5.32 Å². The van der Waals surface area contributed by atoms with Gasteiger partial charge in [0.05, 0.1) is 0 Å². The van der Waals surface area contributed by atoms with E-state index < -0.39 is 0 Å². The van der Waals surface area contributed by atoms with E-state index in [0.717, 1.165) is 0 Å². The van der Waals surface area contributed by atoms with Gasteiger partial charge in [-0.05, 0) is 0 Å². The topological polar surface area (TPSA) is 15.3 Å².